The maximum Gasteiger partial charge on any atom is 0.254 e. The van der Waals surface area contributed by atoms with Gasteiger partial charge in [0.2, 0.25) is 0 Å². The van der Waals surface area contributed by atoms with Crippen molar-refractivity contribution in [3.05, 3.63) is 57.3 Å². The molecule has 0 bridgehead atoms. The molecule has 2 heterocycles. The zero-order valence-corrected chi connectivity index (χ0v) is 12.7. The first-order valence-corrected chi connectivity index (χ1v) is 7.97. The van der Waals surface area contributed by atoms with Crippen molar-refractivity contribution in [3.8, 4) is 0 Å². The molecular weight excluding hydrogens is 266 g/mol. The zero-order chi connectivity index (χ0) is 14.1. The summed E-state index contributed by atoms with van der Waals surface area (Å²) in [4.78, 5) is 15.9. The van der Waals surface area contributed by atoms with Crippen LogP contribution in [-0.4, -0.2) is 17.4 Å². The van der Waals surface area contributed by atoms with Gasteiger partial charge >= 0.3 is 0 Å². The average molecular weight is 285 g/mol. The number of nitrogens with zero attached hydrogens (tertiary/aromatic N) is 1. The van der Waals surface area contributed by atoms with Gasteiger partial charge in [-0.2, -0.15) is 0 Å². The van der Waals surface area contributed by atoms with E-state index in [-0.39, 0.29) is 5.91 Å². The Hall–Kier alpha value is -1.61. The fraction of sp³-hybridized carbons (Fsp3) is 0.353. The van der Waals surface area contributed by atoms with Crippen LogP contribution in [0.3, 0.4) is 0 Å². The molecule has 0 radical (unpaired) electrons. The number of hydrogen-bond acceptors (Lipinski definition) is 2. The standard InChI is InChI=1S/C17H19NOS/c1-12(2)13-3-5-14(6-4-13)17(19)18-9-7-16-15(11-18)8-10-20-16/h3-6,8,10,12H,7,9,11H2,1-2H3. The summed E-state index contributed by atoms with van der Waals surface area (Å²) in [7, 11) is 0. The molecule has 0 saturated carbocycles. The Balaban J connectivity index is 1.76. The van der Waals surface area contributed by atoms with Crippen molar-refractivity contribution in [2.24, 2.45) is 0 Å². The lowest BCUT2D eigenvalue weighted by atomic mass is 10.0. The average Bonchev–Trinajstić information content (AvgIpc) is 2.94. The molecule has 0 spiro atoms. The van der Waals surface area contributed by atoms with Gasteiger partial charge < -0.3 is 4.90 Å². The lowest BCUT2D eigenvalue weighted by Crippen LogP contribution is -2.35. The van der Waals surface area contributed by atoms with E-state index in [4.69, 9.17) is 0 Å². The van der Waals surface area contributed by atoms with E-state index in [1.54, 1.807) is 11.3 Å². The smallest absolute Gasteiger partial charge is 0.254 e. The largest absolute Gasteiger partial charge is 0.334 e. The number of amides is 1. The van der Waals surface area contributed by atoms with E-state index in [2.05, 4.69) is 37.4 Å². The predicted octanol–water partition coefficient (Wildman–Crippen LogP) is 4.07. The van der Waals surface area contributed by atoms with Gasteiger partial charge in [0.1, 0.15) is 0 Å². The highest BCUT2D eigenvalue weighted by molar-refractivity contribution is 7.10. The fourth-order valence-electron chi connectivity index (χ4n) is 2.61. The Morgan fingerprint density at radius 1 is 1.20 bits per heavy atom. The topological polar surface area (TPSA) is 20.3 Å². The monoisotopic (exact) mass is 285 g/mol. The molecule has 3 heteroatoms. The van der Waals surface area contributed by atoms with Gasteiger partial charge in [-0.15, -0.1) is 11.3 Å². The van der Waals surface area contributed by atoms with Crippen LogP contribution < -0.4 is 0 Å². The Morgan fingerprint density at radius 2 is 1.95 bits per heavy atom. The molecule has 0 fully saturated rings. The predicted molar refractivity (Wildman–Crippen MR) is 83.3 cm³/mol. The molecule has 0 N–H and O–H groups in total. The molecule has 2 aromatic rings. The summed E-state index contributed by atoms with van der Waals surface area (Å²) in [5.74, 6) is 0.652. The van der Waals surface area contributed by atoms with E-state index in [0.717, 1.165) is 25.1 Å². The van der Waals surface area contributed by atoms with Crippen LogP contribution in [0, 0.1) is 0 Å². The molecule has 0 atom stereocenters. The summed E-state index contributed by atoms with van der Waals surface area (Å²) < 4.78 is 0. The van der Waals surface area contributed by atoms with Crippen LogP contribution >= 0.6 is 11.3 Å². The molecule has 0 unspecified atom stereocenters. The molecule has 20 heavy (non-hydrogen) atoms. The van der Waals surface area contributed by atoms with Gasteiger partial charge in [-0.1, -0.05) is 26.0 Å². The number of rotatable bonds is 2. The van der Waals surface area contributed by atoms with Crippen LogP contribution in [0.25, 0.3) is 0 Å². The van der Waals surface area contributed by atoms with Gasteiger partial charge in [0.25, 0.3) is 5.91 Å². The van der Waals surface area contributed by atoms with Crippen LogP contribution in [0.15, 0.2) is 35.7 Å². The van der Waals surface area contributed by atoms with E-state index >= 15 is 0 Å². The highest BCUT2D eigenvalue weighted by atomic mass is 32.1. The Kier molecular flexibility index (Phi) is 3.62. The second kappa shape index (κ2) is 5.41. The van der Waals surface area contributed by atoms with E-state index in [1.807, 2.05) is 17.0 Å². The minimum absolute atomic E-state index is 0.150. The summed E-state index contributed by atoms with van der Waals surface area (Å²) in [5, 5.41) is 2.12. The SMILES string of the molecule is CC(C)c1ccc(C(=O)N2CCc3sccc3C2)cc1. The lowest BCUT2D eigenvalue weighted by Gasteiger charge is -2.27. The van der Waals surface area contributed by atoms with Crippen molar-refractivity contribution in [1.29, 1.82) is 0 Å². The van der Waals surface area contributed by atoms with Crippen molar-refractivity contribution in [2.75, 3.05) is 6.54 Å². The highest BCUT2D eigenvalue weighted by Gasteiger charge is 2.22. The second-order valence-corrected chi connectivity index (χ2v) is 6.62. The summed E-state index contributed by atoms with van der Waals surface area (Å²) >= 11 is 1.80. The van der Waals surface area contributed by atoms with Crippen molar-refractivity contribution in [2.45, 2.75) is 32.7 Å². The summed E-state index contributed by atoms with van der Waals surface area (Å²) in [6, 6.07) is 10.2. The van der Waals surface area contributed by atoms with Crippen molar-refractivity contribution in [3.63, 3.8) is 0 Å². The van der Waals surface area contributed by atoms with Crippen molar-refractivity contribution >= 4 is 17.2 Å². The number of thiophene rings is 1. The van der Waals surface area contributed by atoms with Gasteiger partial charge in [0, 0.05) is 23.5 Å². The second-order valence-electron chi connectivity index (χ2n) is 5.62. The Labute approximate surface area is 124 Å². The molecule has 1 aliphatic heterocycles. The number of fused-ring (bicyclic) bond motifs is 1. The van der Waals surface area contributed by atoms with Gasteiger partial charge in [-0.3, -0.25) is 4.79 Å². The van der Waals surface area contributed by atoms with Crippen LogP contribution in [0.2, 0.25) is 0 Å². The van der Waals surface area contributed by atoms with Gasteiger partial charge in [0.05, 0.1) is 0 Å². The minimum Gasteiger partial charge on any atom is -0.334 e. The maximum absolute atomic E-state index is 12.5. The molecule has 2 nitrogen and oxygen atoms in total. The molecular formula is C17H19NOS. The molecule has 104 valence electrons. The highest BCUT2D eigenvalue weighted by Crippen LogP contribution is 2.25. The van der Waals surface area contributed by atoms with Gasteiger partial charge in [-0.25, -0.2) is 0 Å². The third-order valence-electron chi connectivity index (χ3n) is 3.92. The van der Waals surface area contributed by atoms with Crippen LogP contribution in [0.1, 0.15) is 46.1 Å². The van der Waals surface area contributed by atoms with Crippen molar-refractivity contribution < 1.29 is 4.79 Å². The van der Waals surface area contributed by atoms with Crippen LogP contribution in [-0.2, 0) is 13.0 Å². The number of carbonyl (C=O) groups excluding carboxylic acids is 1. The summed E-state index contributed by atoms with van der Waals surface area (Å²) in [5.41, 5.74) is 3.39. The zero-order valence-electron chi connectivity index (χ0n) is 11.9. The van der Waals surface area contributed by atoms with E-state index in [1.165, 1.54) is 16.0 Å². The molecule has 3 rings (SSSR count). The molecule has 0 saturated heterocycles. The molecule has 1 aliphatic rings. The number of hydrogen-bond donors (Lipinski definition) is 0. The first kappa shape index (κ1) is 13.4. The molecule has 1 amide bonds. The minimum atomic E-state index is 0.150. The van der Waals surface area contributed by atoms with Gasteiger partial charge in [0.15, 0.2) is 0 Å². The maximum atomic E-state index is 12.5. The quantitative estimate of drug-likeness (QED) is 0.814. The summed E-state index contributed by atoms with van der Waals surface area (Å²) in [6.45, 7) is 5.92. The lowest BCUT2D eigenvalue weighted by molar-refractivity contribution is 0.0736. The number of benzene rings is 1. The van der Waals surface area contributed by atoms with Crippen LogP contribution in [0.4, 0.5) is 0 Å². The van der Waals surface area contributed by atoms with Gasteiger partial charge in [-0.05, 0) is 47.0 Å². The van der Waals surface area contributed by atoms with E-state index < -0.39 is 0 Å². The Morgan fingerprint density at radius 3 is 2.65 bits per heavy atom. The third-order valence-corrected chi connectivity index (χ3v) is 4.94. The van der Waals surface area contributed by atoms with E-state index in [0.29, 0.717) is 5.92 Å². The first-order valence-electron chi connectivity index (χ1n) is 7.09. The Bertz CT molecular complexity index is 612. The van der Waals surface area contributed by atoms with Crippen LogP contribution in [0.5, 0.6) is 0 Å². The number of carbonyl (C=O) groups is 1. The third kappa shape index (κ3) is 2.50. The molecule has 1 aromatic carbocycles. The van der Waals surface area contributed by atoms with E-state index in [9.17, 15) is 4.79 Å². The first-order chi connectivity index (χ1) is 9.65. The summed E-state index contributed by atoms with van der Waals surface area (Å²) in [6.07, 6.45) is 0.989. The normalized spacial score (nSPS) is 14.4. The molecule has 0 aliphatic carbocycles. The fourth-order valence-corrected chi connectivity index (χ4v) is 3.50. The molecule has 1 aromatic heterocycles. The van der Waals surface area contributed by atoms with Crippen molar-refractivity contribution in [1.82, 2.24) is 4.90 Å².